The third kappa shape index (κ3) is 10.3. The zero-order valence-electron chi connectivity index (χ0n) is 30.0. The molecule has 3 aromatic carbocycles. The van der Waals surface area contributed by atoms with Crippen LogP contribution in [0.15, 0.2) is 97.3 Å². The van der Waals surface area contributed by atoms with Gasteiger partial charge >= 0.3 is 5.97 Å². The summed E-state index contributed by atoms with van der Waals surface area (Å²) >= 11 is 1.37. The first-order valence-corrected chi connectivity index (χ1v) is 17.9. The highest BCUT2D eigenvalue weighted by atomic mass is 32.1. The van der Waals surface area contributed by atoms with Gasteiger partial charge in [-0.15, -0.1) is 11.3 Å². The average Bonchev–Trinajstić information content (AvgIpc) is 3.66. The monoisotopic (exact) mass is 720 g/mol. The quantitative estimate of drug-likeness (QED) is 0.107. The standard InChI is InChI=1S/C41H44N4O6S/c1-26(40(48)49)44-38(46)34(45-39(47)35-18-19-36(52-35)41(2,3)4)22-28-6-14-31(15-7-28)37-42-23-32(24-43-37)30-12-8-29(9-13-30)25-51-33-16-10-27(11-17-33)20-21-50-5/h6-19,23-24,26,34H,20-22,25H2,1-5H3,(H,44,46)(H,45,47)(H,48,49)/t26-,34?/m1/s1. The minimum atomic E-state index is -1.17. The molecular formula is C41H44N4O6S. The van der Waals surface area contributed by atoms with Crippen LogP contribution in [0.2, 0.25) is 0 Å². The number of hydrogen-bond donors (Lipinski definition) is 3. The lowest BCUT2D eigenvalue weighted by Gasteiger charge is -2.20. The number of rotatable bonds is 15. The van der Waals surface area contributed by atoms with Gasteiger partial charge in [-0.3, -0.25) is 14.4 Å². The number of nitrogens with one attached hydrogen (secondary N) is 2. The number of nitrogens with zero attached hydrogens (tertiary/aromatic N) is 2. The molecule has 52 heavy (non-hydrogen) atoms. The van der Waals surface area contributed by atoms with Crippen molar-refractivity contribution in [2.45, 2.75) is 64.6 Å². The van der Waals surface area contributed by atoms with Crippen molar-refractivity contribution >= 4 is 29.1 Å². The molecule has 0 aliphatic heterocycles. The summed E-state index contributed by atoms with van der Waals surface area (Å²) in [6, 6.07) is 25.1. The normalized spacial score (nSPS) is 12.5. The van der Waals surface area contributed by atoms with Crippen molar-refractivity contribution in [1.82, 2.24) is 20.6 Å². The van der Waals surface area contributed by atoms with Gasteiger partial charge in [0.25, 0.3) is 5.91 Å². The molecule has 3 N–H and O–H groups in total. The van der Waals surface area contributed by atoms with Gasteiger partial charge in [-0.1, -0.05) is 81.4 Å². The third-order valence-electron chi connectivity index (χ3n) is 8.43. The van der Waals surface area contributed by atoms with Crippen LogP contribution in [0.4, 0.5) is 0 Å². The van der Waals surface area contributed by atoms with E-state index in [1.165, 1.54) is 23.8 Å². The molecule has 270 valence electrons. The highest BCUT2D eigenvalue weighted by Crippen LogP contribution is 2.29. The molecule has 0 spiro atoms. The van der Waals surface area contributed by atoms with Crippen LogP contribution in [0.1, 0.15) is 58.9 Å². The van der Waals surface area contributed by atoms with Crippen molar-refractivity contribution in [3.63, 3.8) is 0 Å². The second kappa shape index (κ2) is 17.2. The number of carbonyl (C=O) groups is 3. The van der Waals surface area contributed by atoms with E-state index in [0.717, 1.165) is 44.9 Å². The first kappa shape index (κ1) is 37.9. The molecule has 0 radical (unpaired) electrons. The number of hydrogen-bond acceptors (Lipinski definition) is 8. The fraction of sp³-hybridized carbons (Fsp3) is 0.293. The number of methoxy groups -OCH3 is 1. The number of carboxylic acids is 1. The highest BCUT2D eigenvalue weighted by molar-refractivity contribution is 7.14. The molecule has 2 aromatic heterocycles. The summed E-state index contributed by atoms with van der Waals surface area (Å²) < 4.78 is 11.1. The summed E-state index contributed by atoms with van der Waals surface area (Å²) in [4.78, 5) is 48.5. The molecule has 5 aromatic rings. The first-order chi connectivity index (χ1) is 24.9. The number of carbonyl (C=O) groups excluding carboxylic acids is 2. The number of aromatic nitrogens is 2. The molecule has 5 rings (SSSR count). The lowest BCUT2D eigenvalue weighted by molar-refractivity contribution is -0.141. The van der Waals surface area contributed by atoms with E-state index in [2.05, 4.69) is 53.5 Å². The Kier molecular flexibility index (Phi) is 12.5. The van der Waals surface area contributed by atoms with E-state index in [1.54, 1.807) is 25.6 Å². The molecule has 1 unspecified atom stereocenters. The molecule has 2 atom stereocenters. The highest BCUT2D eigenvalue weighted by Gasteiger charge is 2.26. The zero-order valence-corrected chi connectivity index (χ0v) is 30.8. The fourth-order valence-electron chi connectivity index (χ4n) is 5.26. The van der Waals surface area contributed by atoms with Crippen LogP contribution in [0.25, 0.3) is 22.5 Å². The molecule has 0 saturated heterocycles. The Labute approximate surface area is 308 Å². The number of ether oxygens (including phenoxy) is 2. The van der Waals surface area contributed by atoms with E-state index < -0.39 is 29.9 Å². The minimum absolute atomic E-state index is 0.122. The van der Waals surface area contributed by atoms with Gasteiger partial charge in [0.2, 0.25) is 5.91 Å². The molecule has 0 bridgehead atoms. The van der Waals surface area contributed by atoms with Crippen LogP contribution in [0.3, 0.4) is 0 Å². The Hall–Kier alpha value is -5.39. The van der Waals surface area contributed by atoms with Gasteiger partial charge in [0, 0.05) is 41.9 Å². The lowest BCUT2D eigenvalue weighted by Crippen LogP contribution is -2.51. The van der Waals surface area contributed by atoms with Gasteiger partial charge in [-0.25, -0.2) is 9.97 Å². The van der Waals surface area contributed by atoms with E-state index in [-0.39, 0.29) is 11.8 Å². The number of amides is 2. The maximum atomic E-state index is 13.2. The van der Waals surface area contributed by atoms with E-state index in [4.69, 9.17) is 9.47 Å². The predicted molar refractivity (Wildman–Crippen MR) is 202 cm³/mol. The Morgan fingerprint density at radius 2 is 1.40 bits per heavy atom. The first-order valence-electron chi connectivity index (χ1n) is 17.1. The van der Waals surface area contributed by atoms with Gasteiger partial charge in [0.1, 0.15) is 24.4 Å². The van der Waals surface area contributed by atoms with Crippen LogP contribution >= 0.6 is 11.3 Å². The van der Waals surface area contributed by atoms with E-state index in [9.17, 15) is 19.5 Å². The van der Waals surface area contributed by atoms with Crippen LogP contribution in [0, 0.1) is 0 Å². The van der Waals surface area contributed by atoms with Crippen molar-refractivity contribution in [1.29, 1.82) is 0 Å². The number of aliphatic carboxylic acids is 1. The van der Waals surface area contributed by atoms with Crippen LogP contribution in [-0.2, 0) is 39.2 Å². The summed E-state index contributed by atoms with van der Waals surface area (Å²) in [5.74, 6) is -0.785. The minimum Gasteiger partial charge on any atom is -0.489 e. The largest absolute Gasteiger partial charge is 0.489 e. The summed E-state index contributed by atoms with van der Waals surface area (Å²) in [6.45, 7) is 8.72. The van der Waals surface area contributed by atoms with Crippen molar-refractivity contribution in [3.8, 4) is 28.3 Å². The van der Waals surface area contributed by atoms with Gasteiger partial charge < -0.3 is 25.2 Å². The Bertz CT molecular complexity index is 1950. The van der Waals surface area contributed by atoms with Gasteiger partial charge in [-0.2, -0.15) is 0 Å². The topological polar surface area (TPSA) is 140 Å². The molecule has 0 saturated carbocycles. The van der Waals surface area contributed by atoms with Crippen molar-refractivity contribution in [3.05, 3.63) is 124 Å². The zero-order chi connectivity index (χ0) is 37.3. The SMILES string of the molecule is COCCc1ccc(OCc2ccc(-c3cnc(-c4ccc(CC(NC(=O)c5ccc(C(C)(C)C)s5)C(=O)N[C@H](C)C(=O)O)cc4)nc3)cc2)cc1. The smallest absolute Gasteiger partial charge is 0.325 e. The third-order valence-corrected chi connectivity index (χ3v) is 9.94. The molecule has 0 aliphatic rings. The Morgan fingerprint density at radius 1 is 0.788 bits per heavy atom. The number of benzene rings is 3. The predicted octanol–water partition coefficient (Wildman–Crippen LogP) is 6.87. The molecule has 0 fully saturated rings. The molecular weight excluding hydrogens is 677 g/mol. The average molecular weight is 721 g/mol. The summed E-state index contributed by atoms with van der Waals surface area (Å²) in [7, 11) is 1.70. The van der Waals surface area contributed by atoms with Crippen LogP contribution in [-0.4, -0.2) is 58.7 Å². The van der Waals surface area contributed by atoms with Gasteiger partial charge in [0.15, 0.2) is 5.82 Å². The van der Waals surface area contributed by atoms with Gasteiger partial charge in [-0.05, 0) is 65.3 Å². The Balaban J connectivity index is 1.20. The van der Waals surface area contributed by atoms with Crippen molar-refractivity contribution < 1.29 is 29.0 Å². The summed E-state index contributed by atoms with van der Waals surface area (Å²) in [5, 5.41) is 14.6. The van der Waals surface area contributed by atoms with Crippen molar-refractivity contribution in [2.24, 2.45) is 0 Å². The number of carboxylic acid groups (broad SMARTS) is 1. The summed E-state index contributed by atoms with van der Waals surface area (Å²) in [6.07, 6.45) is 4.58. The van der Waals surface area contributed by atoms with E-state index in [0.29, 0.717) is 23.9 Å². The molecule has 2 amide bonds. The Morgan fingerprint density at radius 3 is 2.00 bits per heavy atom. The maximum Gasteiger partial charge on any atom is 0.325 e. The van der Waals surface area contributed by atoms with E-state index in [1.807, 2.05) is 66.7 Å². The fourth-order valence-corrected chi connectivity index (χ4v) is 6.23. The van der Waals surface area contributed by atoms with E-state index >= 15 is 0 Å². The van der Waals surface area contributed by atoms with Crippen molar-refractivity contribution in [2.75, 3.05) is 13.7 Å². The lowest BCUT2D eigenvalue weighted by atomic mass is 9.95. The second-order valence-corrected chi connectivity index (χ2v) is 14.7. The molecule has 0 aliphatic carbocycles. The maximum absolute atomic E-state index is 13.2. The number of thiophene rings is 1. The molecule has 2 heterocycles. The molecule has 10 nitrogen and oxygen atoms in total. The van der Waals surface area contributed by atoms with Crippen LogP contribution in [0.5, 0.6) is 5.75 Å². The second-order valence-electron chi connectivity index (χ2n) is 13.6. The summed E-state index contributed by atoms with van der Waals surface area (Å²) in [5.41, 5.74) is 5.54. The van der Waals surface area contributed by atoms with Gasteiger partial charge in [0.05, 0.1) is 11.5 Å². The van der Waals surface area contributed by atoms with Crippen LogP contribution < -0.4 is 15.4 Å². The molecule has 11 heteroatoms.